The normalized spacial score (nSPS) is 10.2. The van der Waals surface area contributed by atoms with Gasteiger partial charge in [0.25, 0.3) is 5.91 Å². The molecule has 0 aliphatic heterocycles. The van der Waals surface area contributed by atoms with E-state index in [9.17, 15) is 19.5 Å². The minimum atomic E-state index is -1.13. The van der Waals surface area contributed by atoms with Crippen molar-refractivity contribution in [3.8, 4) is 0 Å². The number of aromatic nitrogens is 1. The van der Waals surface area contributed by atoms with Gasteiger partial charge in [0.05, 0.1) is 11.3 Å². The van der Waals surface area contributed by atoms with Crippen LogP contribution in [-0.2, 0) is 0 Å². The predicted octanol–water partition coefficient (Wildman–Crippen LogP) is 1.94. The monoisotopic (exact) mass is 286 g/mol. The maximum Gasteiger partial charge on any atom is 0.337 e. The van der Waals surface area contributed by atoms with Gasteiger partial charge >= 0.3 is 5.97 Å². The number of nitrogens with one attached hydrogen (secondary N) is 2. The first-order valence-electron chi connectivity index (χ1n) is 6.23. The van der Waals surface area contributed by atoms with Gasteiger partial charge in [-0.05, 0) is 37.1 Å². The number of aryl methyl sites for hydroxylation is 2. The molecule has 0 aliphatic carbocycles. The van der Waals surface area contributed by atoms with Gasteiger partial charge in [-0.15, -0.1) is 0 Å². The highest BCUT2D eigenvalue weighted by Crippen LogP contribution is 2.23. The number of hydrogen-bond acceptors (Lipinski definition) is 3. The molecule has 3 N–H and O–H groups in total. The van der Waals surface area contributed by atoms with Gasteiger partial charge in [-0.2, -0.15) is 0 Å². The summed E-state index contributed by atoms with van der Waals surface area (Å²) in [5.41, 5.74) is 1.33. The van der Waals surface area contributed by atoms with Gasteiger partial charge in [0.15, 0.2) is 0 Å². The average molecular weight is 286 g/mol. The number of hydrogen-bond donors (Lipinski definition) is 3. The number of carbonyl (C=O) groups excluding carboxylic acids is 1. The highest BCUT2D eigenvalue weighted by atomic mass is 16.4. The van der Waals surface area contributed by atoms with E-state index >= 15 is 0 Å². The van der Waals surface area contributed by atoms with Crippen LogP contribution in [0.3, 0.4) is 0 Å². The van der Waals surface area contributed by atoms with Gasteiger partial charge in [0.1, 0.15) is 5.69 Å². The van der Waals surface area contributed by atoms with Crippen molar-refractivity contribution in [2.75, 3.05) is 5.32 Å². The van der Waals surface area contributed by atoms with Crippen molar-refractivity contribution in [1.29, 1.82) is 0 Å². The molecule has 0 bridgehead atoms. The van der Waals surface area contributed by atoms with Crippen molar-refractivity contribution >= 4 is 17.6 Å². The Labute approximate surface area is 120 Å². The van der Waals surface area contributed by atoms with Crippen molar-refractivity contribution in [3.05, 3.63) is 63.1 Å². The maximum absolute atomic E-state index is 12.1. The summed E-state index contributed by atoms with van der Waals surface area (Å²) >= 11 is 0. The zero-order chi connectivity index (χ0) is 15.6. The predicted molar refractivity (Wildman–Crippen MR) is 77.9 cm³/mol. The second kappa shape index (κ2) is 5.62. The SMILES string of the molecule is Cc1cc(C)c(NC(=O)c2cccc(=O)[nH]2)c(C(=O)O)c1. The van der Waals surface area contributed by atoms with Crippen molar-refractivity contribution in [2.45, 2.75) is 13.8 Å². The number of carboxylic acids is 1. The van der Waals surface area contributed by atoms with E-state index in [0.717, 1.165) is 5.56 Å². The molecule has 0 spiro atoms. The van der Waals surface area contributed by atoms with E-state index in [1.807, 2.05) is 0 Å². The number of benzene rings is 1. The van der Waals surface area contributed by atoms with Crippen LogP contribution in [0.15, 0.2) is 35.1 Å². The molecule has 6 heteroatoms. The number of rotatable bonds is 3. The Bertz CT molecular complexity index is 777. The van der Waals surface area contributed by atoms with Crippen molar-refractivity contribution in [2.24, 2.45) is 0 Å². The lowest BCUT2D eigenvalue weighted by molar-refractivity contribution is 0.0698. The second-order valence-corrected chi connectivity index (χ2v) is 4.69. The molecule has 1 heterocycles. The molecular weight excluding hydrogens is 272 g/mol. The van der Waals surface area contributed by atoms with Crippen LogP contribution in [0.1, 0.15) is 32.0 Å². The van der Waals surface area contributed by atoms with Crippen LogP contribution in [0, 0.1) is 13.8 Å². The molecule has 1 amide bonds. The van der Waals surface area contributed by atoms with Crippen molar-refractivity contribution in [1.82, 2.24) is 4.98 Å². The molecule has 0 fully saturated rings. The van der Waals surface area contributed by atoms with Crippen LogP contribution in [0.25, 0.3) is 0 Å². The number of anilines is 1. The van der Waals surface area contributed by atoms with Crippen LogP contribution in [0.2, 0.25) is 0 Å². The van der Waals surface area contributed by atoms with Crippen molar-refractivity contribution in [3.63, 3.8) is 0 Å². The Morgan fingerprint density at radius 3 is 2.52 bits per heavy atom. The summed E-state index contributed by atoms with van der Waals surface area (Å²) in [5.74, 6) is -1.69. The molecule has 0 atom stereocenters. The zero-order valence-electron chi connectivity index (χ0n) is 11.6. The van der Waals surface area contributed by atoms with Crippen LogP contribution in [-0.4, -0.2) is 22.0 Å². The highest BCUT2D eigenvalue weighted by Gasteiger charge is 2.16. The minimum absolute atomic E-state index is 0.0131. The summed E-state index contributed by atoms with van der Waals surface area (Å²) in [6.07, 6.45) is 0. The maximum atomic E-state index is 12.1. The van der Waals surface area contributed by atoms with Crippen LogP contribution >= 0.6 is 0 Å². The van der Waals surface area contributed by atoms with Gasteiger partial charge in [-0.25, -0.2) is 4.79 Å². The number of carboxylic acid groups (broad SMARTS) is 1. The Kier molecular flexibility index (Phi) is 3.89. The fourth-order valence-corrected chi connectivity index (χ4v) is 2.06. The van der Waals surface area contributed by atoms with Gasteiger partial charge in [-0.1, -0.05) is 12.1 Å². The van der Waals surface area contributed by atoms with E-state index < -0.39 is 17.4 Å². The van der Waals surface area contributed by atoms with Crippen LogP contribution in [0.4, 0.5) is 5.69 Å². The van der Waals surface area contributed by atoms with Gasteiger partial charge in [-0.3, -0.25) is 9.59 Å². The third-order valence-corrected chi connectivity index (χ3v) is 2.96. The van der Waals surface area contributed by atoms with E-state index in [1.165, 1.54) is 24.3 Å². The molecule has 2 rings (SSSR count). The first kappa shape index (κ1) is 14.5. The first-order valence-corrected chi connectivity index (χ1v) is 6.23. The standard InChI is InChI=1S/C15H14N2O4/c1-8-6-9(2)13(10(7-8)15(20)21)17-14(19)11-4-3-5-12(18)16-11/h3-7H,1-2H3,(H,16,18)(H,17,19)(H,20,21). The van der Waals surface area contributed by atoms with Crippen LogP contribution in [0.5, 0.6) is 0 Å². The van der Waals surface area contributed by atoms with Gasteiger partial charge in [0.2, 0.25) is 5.56 Å². The molecule has 0 aliphatic rings. The quantitative estimate of drug-likeness (QED) is 0.802. The fraction of sp³-hybridized carbons (Fsp3) is 0.133. The van der Waals surface area contributed by atoms with Gasteiger partial charge in [0, 0.05) is 6.07 Å². The number of H-pyrrole nitrogens is 1. The number of amides is 1. The summed E-state index contributed by atoms with van der Waals surface area (Å²) in [7, 11) is 0. The largest absolute Gasteiger partial charge is 0.478 e. The van der Waals surface area contributed by atoms with Crippen molar-refractivity contribution < 1.29 is 14.7 Å². The fourth-order valence-electron chi connectivity index (χ4n) is 2.06. The molecule has 0 unspecified atom stereocenters. The summed E-state index contributed by atoms with van der Waals surface area (Å²) in [6, 6.07) is 7.44. The number of aromatic amines is 1. The molecule has 1 aromatic carbocycles. The van der Waals surface area contributed by atoms with E-state index in [1.54, 1.807) is 19.9 Å². The molecule has 21 heavy (non-hydrogen) atoms. The molecule has 1 aromatic heterocycles. The highest BCUT2D eigenvalue weighted by molar-refractivity contribution is 6.07. The Balaban J connectivity index is 2.42. The summed E-state index contributed by atoms with van der Waals surface area (Å²) < 4.78 is 0. The summed E-state index contributed by atoms with van der Waals surface area (Å²) in [4.78, 5) is 37.0. The third kappa shape index (κ3) is 3.17. The van der Waals surface area contributed by atoms with E-state index in [-0.39, 0.29) is 16.9 Å². The lowest BCUT2D eigenvalue weighted by Gasteiger charge is -2.12. The second-order valence-electron chi connectivity index (χ2n) is 4.69. The summed E-state index contributed by atoms with van der Waals surface area (Å²) in [6.45, 7) is 3.49. The Morgan fingerprint density at radius 2 is 1.90 bits per heavy atom. The molecule has 0 radical (unpaired) electrons. The number of aromatic carboxylic acids is 1. The molecular formula is C15H14N2O4. The minimum Gasteiger partial charge on any atom is -0.478 e. The molecule has 108 valence electrons. The van der Waals surface area contributed by atoms with E-state index in [4.69, 9.17) is 0 Å². The zero-order valence-corrected chi connectivity index (χ0v) is 11.6. The lowest BCUT2D eigenvalue weighted by atomic mass is 10.0. The molecule has 0 saturated carbocycles. The van der Waals surface area contributed by atoms with E-state index in [0.29, 0.717) is 5.56 Å². The molecule has 0 saturated heterocycles. The molecule has 2 aromatic rings. The van der Waals surface area contributed by atoms with Crippen LogP contribution < -0.4 is 10.9 Å². The number of carbonyl (C=O) groups is 2. The smallest absolute Gasteiger partial charge is 0.337 e. The Hall–Kier alpha value is -2.89. The van der Waals surface area contributed by atoms with E-state index in [2.05, 4.69) is 10.3 Å². The van der Waals surface area contributed by atoms with Gasteiger partial charge < -0.3 is 15.4 Å². The summed E-state index contributed by atoms with van der Waals surface area (Å²) in [5, 5.41) is 11.8. The molecule has 6 nitrogen and oxygen atoms in total. The average Bonchev–Trinajstić information content (AvgIpc) is 2.41. The first-order chi connectivity index (χ1) is 9.88. The Morgan fingerprint density at radius 1 is 1.19 bits per heavy atom. The lowest BCUT2D eigenvalue weighted by Crippen LogP contribution is -2.20. The number of pyridine rings is 1. The topological polar surface area (TPSA) is 99.3 Å². The third-order valence-electron chi connectivity index (χ3n) is 2.96.